The zero-order valence-corrected chi connectivity index (χ0v) is 9.50. The third-order valence-corrected chi connectivity index (χ3v) is 2.83. The number of imidazole rings is 1. The second-order valence-electron chi connectivity index (χ2n) is 3.96. The van der Waals surface area contributed by atoms with E-state index in [1.165, 1.54) is 0 Å². The van der Waals surface area contributed by atoms with Crippen LogP contribution >= 0.6 is 0 Å². The first-order chi connectivity index (χ1) is 9.83. The molecule has 3 heterocycles. The fourth-order valence-electron chi connectivity index (χ4n) is 1.86. The summed E-state index contributed by atoms with van der Waals surface area (Å²) in [6.45, 7) is -0.685. The van der Waals surface area contributed by atoms with E-state index < -0.39 is 37.0 Å². The maximum absolute atomic E-state index is 10.1. The Bertz CT molecular complexity index is 695. The third-order valence-electron chi connectivity index (χ3n) is 2.83. The Morgan fingerprint density at radius 2 is 2.16 bits per heavy atom. The van der Waals surface area contributed by atoms with Crippen LogP contribution in [0.4, 0.5) is 0 Å². The number of hydrogen-bond donors (Lipinski definition) is 4. The first-order valence-electron chi connectivity index (χ1n) is 6.39. The van der Waals surface area contributed by atoms with Gasteiger partial charge in [-0.25, -0.2) is 9.97 Å². The quantitative estimate of drug-likeness (QED) is 0.499. The molecule has 4 atom stereocenters. The van der Waals surface area contributed by atoms with Gasteiger partial charge in [0, 0.05) is 0 Å². The summed E-state index contributed by atoms with van der Waals surface area (Å²) in [7, 11) is 0. The molecule has 1 fully saturated rings. The Morgan fingerprint density at radius 3 is 2.84 bits per heavy atom. The molecule has 19 heavy (non-hydrogen) atoms. The summed E-state index contributed by atoms with van der Waals surface area (Å²) in [5.41, 5.74) is -0.112. The number of aromatic hydroxyl groups is 1. The summed E-state index contributed by atoms with van der Waals surface area (Å²) in [6.07, 6.45) is -6.38. The molecule has 0 saturated carbocycles. The molecule has 9 nitrogen and oxygen atoms in total. The molecular formula is C10H12N4O5. The number of rotatable bonds is 2. The molecule has 102 valence electrons. The van der Waals surface area contributed by atoms with Gasteiger partial charge in [-0.05, 0) is 0 Å². The third kappa shape index (κ3) is 1.75. The van der Waals surface area contributed by atoms with Crippen LogP contribution in [-0.4, -0.2) is 64.8 Å². The summed E-state index contributed by atoms with van der Waals surface area (Å²) in [4.78, 5) is 11.1. The van der Waals surface area contributed by atoms with Gasteiger partial charge in [0.1, 0.15) is 24.6 Å². The van der Waals surface area contributed by atoms with Gasteiger partial charge in [-0.2, -0.15) is 4.98 Å². The number of fused-ring (bicyclic) bond motifs is 1. The monoisotopic (exact) mass is 270 g/mol. The van der Waals surface area contributed by atoms with Crippen molar-refractivity contribution in [1.29, 1.82) is 0 Å². The molecule has 3 rings (SSSR count). The maximum atomic E-state index is 10.1. The number of aromatic nitrogens is 4. The standard InChI is InChI=1S/C10H12N4O5/c15-1-4-6(16)7(17)10(19-4)14-3-13-5-8(14)11-2-12-9(5)18/h2-4,6-7,10,15-17H,1H2,(H,11,12,18)/t4-,6-,7-,10-/m1/s1/i7D,10D. The highest BCUT2D eigenvalue weighted by Gasteiger charge is 2.43. The highest BCUT2D eigenvalue weighted by molar-refractivity contribution is 5.75. The number of hydrogen-bond acceptors (Lipinski definition) is 8. The van der Waals surface area contributed by atoms with Crippen molar-refractivity contribution in [1.82, 2.24) is 19.5 Å². The van der Waals surface area contributed by atoms with Crippen LogP contribution in [0.1, 0.15) is 8.95 Å². The predicted octanol–water partition coefficient (Wildman–Crippen LogP) is -1.86. The first-order valence-corrected chi connectivity index (χ1v) is 5.39. The second kappa shape index (κ2) is 4.38. The van der Waals surface area contributed by atoms with Crippen molar-refractivity contribution in [3.8, 4) is 5.88 Å². The summed E-state index contributed by atoms with van der Waals surface area (Å²) in [5, 5.41) is 38.6. The lowest BCUT2D eigenvalue weighted by Crippen LogP contribution is -2.33. The van der Waals surface area contributed by atoms with Crippen LogP contribution in [0.25, 0.3) is 11.2 Å². The highest BCUT2D eigenvalue weighted by Crippen LogP contribution is 2.32. The van der Waals surface area contributed by atoms with E-state index in [4.69, 9.17) is 12.6 Å². The van der Waals surface area contributed by atoms with Crippen LogP contribution in [0.15, 0.2) is 12.7 Å². The second-order valence-corrected chi connectivity index (χ2v) is 3.96. The molecule has 1 aliphatic rings. The van der Waals surface area contributed by atoms with Gasteiger partial charge in [-0.15, -0.1) is 0 Å². The van der Waals surface area contributed by atoms with E-state index in [2.05, 4.69) is 15.0 Å². The van der Waals surface area contributed by atoms with Gasteiger partial charge in [0.2, 0.25) is 5.88 Å². The molecule has 0 radical (unpaired) electrons. The van der Waals surface area contributed by atoms with Crippen molar-refractivity contribution in [3.63, 3.8) is 0 Å². The normalized spacial score (nSPS) is 40.4. The Labute approximate surface area is 109 Å². The molecule has 0 aromatic carbocycles. The van der Waals surface area contributed by atoms with Crippen LogP contribution in [0, 0.1) is 0 Å². The molecule has 0 amide bonds. The molecule has 9 heteroatoms. The summed E-state index contributed by atoms with van der Waals surface area (Å²) >= 11 is 0. The van der Waals surface area contributed by atoms with E-state index in [9.17, 15) is 15.3 Å². The molecule has 1 saturated heterocycles. The molecule has 1 aliphatic heterocycles. The van der Waals surface area contributed by atoms with Gasteiger partial charge in [-0.1, -0.05) is 0 Å². The van der Waals surface area contributed by atoms with Crippen LogP contribution in [0.3, 0.4) is 0 Å². The Hall–Kier alpha value is -1.81. The smallest absolute Gasteiger partial charge is 0.242 e. The van der Waals surface area contributed by atoms with E-state index >= 15 is 0 Å². The van der Waals surface area contributed by atoms with Gasteiger partial charge in [0.05, 0.1) is 15.7 Å². The van der Waals surface area contributed by atoms with Gasteiger partial charge in [-0.3, -0.25) is 4.57 Å². The van der Waals surface area contributed by atoms with Crippen molar-refractivity contribution < 1.29 is 27.9 Å². The van der Waals surface area contributed by atoms with Gasteiger partial charge < -0.3 is 25.2 Å². The lowest BCUT2D eigenvalue weighted by atomic mass is 10.1. The minimum absolute atomic E-state index is 0.0505. The minimum Gasteiger partial charge on any atom is -0.492 e. The minimum atomic E-state index is -2.78. The van der Waals surface area contributed by atoms with Crippen LogP contribution in [-0.2, 0) is 4.74 Å². The Morgan fingerprint density at radius 1 is 1.37 bits per heavy atom. The molecule has 0 spiro atoms. The Kier molecular flexibility index (Phi) is 2.32. The molecule has 0 unspecified atom stereocenters. The van der Waals surface area contributed by atoms with Gasteiger partial charge >= 0.3 is 0 Å². The van der Waals surface area contributed by atoms with E-state index in [0.717, 1.165) is 17.2 Å². The number of ether oxygens (including phenoxy) is 1. The predicted molar refractivity (Wildman–Crippen MR) is 60.0 cm³/mol. The average molecular weight is 270 g/mol. The average Bonchev–Trinajstić information content (AvgIpc) is 2.95. The number of aliphatic hydroxyl groups is 3. The van der Waals surface area contributed by atoms with E-state index in [0.29, 0.717) is 0 Å². The highest BCUT2D eigenvalue weighted by atomic mass is 16.6. The number of nitrogens with zero attached hydrogens (tertiary/aromatic N) is 4. The van der Waals surface area contributed by atoms with Crippen LogP contribution in [0.5, 0.6) is 5.88 Å². The van der Waals surface area contributed by atoms with Crippen molar-refractivity contribution in [2.24, 2.45) is 0 Å². The van der Waals surface area contributed by atoms with Gasteiger partial charge in [0.15, 0.2) is 17.4 Å². The largest absolute Gasteiger partial charge is 0.492 e. The Balaban J connectivity index is 2.19. The topological polar surface area (TPSA) is 134 Å². The first kappa shape index (κ1) is 10.0. The van der Waals surface area contributed by atoms with E-state index in [1.54, 1.807) is 0 Å². The van der Waals surface area contributed by atoms with Crippen molar-refractivity contribution in [2.45, 2.75) is 24.5 Å². The lowest BCUT2D eigenvalue weighted by Gasteiger charge is -2.16. The molecular weight excluding hydrogens is 256 g/mol. The molecule has 2 aromatic heterocycles. The van der Waals surface area contributed by atoms with Gasteiger partial charge in [0.25, 0.3) is 0 Å². The van der Waals surface area contributed by atoms with Crippen molar-refractivity contribution in [3.05, 3.63) is 12.7 Å². The maximum Gasteiger partial charge on any atom is 0.242 e. The summed E-state index contributed by atoms with van der Waals surface area (Å²) in [5.74, 6) is -0.437. The number of aliphatic hydroxyl groups excluding tert-OH is 2. The lowest BCUT2D eigenvalue weighted by molar-refractivity contribution is -0.0511. The van der Waals surface area contributed by atoms with Crippen LogP contribution < -0.4 is 0 Å². The molecule has 4 N–H and O–H groups in total. The van der Waals surface area contributed by atoms with Crippen molar-refractivity contribution in [2.75, 3.05) is 6.61 Å². The molecule has 0 aliphatic carbocycles. The fraction of sp³-hybridized carbons (Fsp3) is 0.500. The zero-order chi connectivity index (χ0) is 15.4. The van der Waals surface area contributed by atoms with Crippen molar-refractivity contribution >= 4 is 11.2 Å². The summed E-state index contributed by atoms with van der Waals surface area (Å²) in [6, 6.07) is 0. The zero-order valence-electron chi connectivity index (χ0n) is 11.5. The molecule has 2 aromatic rings. The van der Waals surface area contributed by atoms with E-state index in [-0.39, 0.29) is 11.2 Å². The summed E-state index contributed by atoms with van der Waals surface area (Å²) < 4.78 is 22.0. The fourth-order valence-corrected chi connectivity index (χ4v) is 1.86. The molecule has 0 bridgehead atoms. The SMILES string of the molecule is [2H][C@@]1(n2cnc3c(O)ncnc32)O[C@H](CO)[C@@H](O)[C@@]1([2H])O. The van der Waals surface area contributed by atoms with E-state index in [1.807, 2.05) is 0 Å². The van der Waals surface area contributed by atoms with Crippen LogP contribution in [0.2, 0.25) is 0 Å².